The summed E-state index contributed by atoms with van der Waals surface area (Å²) in [6.07, 6.45) is 13.6. The molecule has 0 N–H and O–H groups in total. The SMILES string of the molecule is C=C.C=C/C=C(C)\C=C\c1cccc(C(/C=C/C)CC)c1. The van der Waals surface area contributed by atoms with Crippen molar-refractivity contribution in [3.8, 4) is 0 Å². The minimum atomic E-state index is 0.517. The lowest BCUT2D eigenvalue weighted by atomic mass is 9.94. The third kappa shape index (κ3) is 7.31. The van der Waals surface area contributed by atoms with Gasteiger partial charge in [-0.1, -0.05) is 79.8 Å². The van der Waals surface area contributed by atoms with Gasteiger partial charge in [0.25, 0.3) is 0 Å². The molecule has 1 rings (SSSR count). The Kier molecular flexibility index (Phi) is 10.6. The molecule has 0 heterocycles. The summed E-state index contributed by atoms with van der Waals surface area (Å²) >= 11 is 0. The predicted octanol–water partition coefficient (Wildman–Crippen LogP) is 6.70. The summed E-state index contributed by atoms with van der Waals surface area (Å²) in [4.78, 5) is 0. The zero-order valence-electron chi connectivity index (χ0n) is 13.7. The van der Waals surface area contributed by atoms with Gasteiger partial charge in [-0.15, -0.1) is 13.2 Å². The second-order valence-electron chi connectivity index (χ2n) is 4.69. The summed E-state index contributed by atoms with van der Waals surface area (Å²) in [6, 6.07) is 8.75. The Morgan fingerprint density at radius 2 is 2.00 bits per heavy atom. The molecule has 0 nitrogen and oxygen atoms in total. The minimum absolute atomic E-state index is 0.517. The van der Waals surface area contributed by atoms with Crippen molar-refractivity contribution in [2.24, 2.45) is 0 Å². The van der Waals surface area contributed by atoms with Gasteiger partial charge in [0, 0.05) is 5.92 Å². The fourth-order valence-corrected chi connectivity index (χ4v) is 2.08. The van der Waals surface area contributed by atoms with E-state index in [4.69, 9.17) is 0 Å². The van der Waals surface area contributed by atoms with Crippen LogP contribution in [0.1, 0.15) is 44.2 Å². The molecule has 1 unspecified atom stereocenters. The smallest absolute Gasteiger partial charge is 0.00154 e. The summed E-state index contributed by atoms with van der Waals surface area (Å²) < 4.78 is 0. The molecule has 0 bridgehead atoms. The van der Waals surface area contributed by atoms with Gasteiger partial charge in [-0.25, -0.2) is 0 Å². The van der Waals surface area contributed by atoms with Gasteiger partial charge in [0.2, 0.25) is 0 Å². The van der Waals surface area contributed by atoms with Gasteiger partial charge in [0.15, 0.2) is 0 Å². The Bertz CT molecular complexity index is 501. The summed E-state index contributed by atoms with van der Waals surface area (Å²) in [7, 11) is 0. The molecule has 0 aromatic heterocycles. The third-order valence-electron chi connectivity index (χ3n) is 3.12. The van der Waals surface area contributed by atoms with Gasteiger partial charge in [0.1, 0.15) is 0 Å². The van der Waals surface area contributed by atoms with Crippen molar-refractivity contribution in [1.82, 2.24) is 0 Å². The maximum absolute atomic E-state index is 3.71. The monoisotopic (exact) mass is 280 g/mol. The normalized spacial score (nSPS) is 13.0. The Labute approximate surface area is 130 Å². The lowest BCUT2D eigenvalue weighted by Crippen LogP contribution is -1.93. The molecule has 0 spiro atoms. The highest BCUT2D eigenvalue weighted by Crippen LogP contribution is 2.22. The molecule has 0 aliphatic rings. The average Bonchev–Trinajstić information content (AvgIpc) is 2.53. The maximum atomic E-state index is 3.71. The number of rotatable bonds is 6. The van der Waals surface area contributed by atoms with Gasteiger partial charge in [-0.3, -0.25) is 0 Å². The summed E-state index contributed by atoms with van der Waals surface area (Å²) in [5.74, 6) is 0.517. The summed E-state index contributed by atoms with van der Waals surface area (Å²) in [5.41, 5.74) is 3.84. The summed E-state index contributed by atoms with van der Waals surface area (Å²) in [6.45, 7) is 16.1. The second kappa shape index (κ2) is 11.7. The van der Waals surface area contributed by atoms with E-state index in [9.17, 15) is 0 Å². The van der Waals surface area contributed by atoms with Crippen molar-refractivity contribution < 1.29 is 0 Å². The largest absolute Gasteiger partial charge is 0.106 e. The molecule has 0 aliphatic carbocycles. The van der Waals surface area contributed by atoms with Gasteiger partial charge in [0.05, 0.1) is 0 Å². The highest BCUT2D eigenvalue weighted by Gasteiger charge is 2.04. The molecule has 0 saturated carbocycles. The van der Waals surface area contributed by atoms with Crippen molar-refractivity contribution in [1.29, 1.82) is 0 Å². The first kappa shape index (κ1) is 18.9. The van der Waals surface area contributed by atoms with E-state index in [1.54, 1.807) is 0 Å². The fraction of sp³-hybridized carbons (Fsp3) is 0.238. The van der Waals surface area contributed by atoms with Crippen molar-refractivity contribution >= 4 is 6.08 Å². The van der Waals surface area contributed by atoms with Crippen LogP contribution in [-0.4, -0.2) is 0 Å². The zero-order valence-corrected chi connectivity index (χ0v) is 13.7. The van der Waals surface area contributed by atoms with Crippen molar-refractivity contribution in [2.45, 2.75) is 33.1 Å². The van der Waals surface area contributed by atoms with Crippen LogP contribution in [0.3, 0.4) is 0 Å². The topological polar surface area (TPSA) is 0 Å². The molecule has 1 aromatic rings. The third-order valence-corrected chi connectivity index (χ3v) is 3.12. The minimum Gasteiger partial charge on any atom is -0.106 e. The van der Waals surface area contributed by atoms with Crippen molar-refractivity contribution in [3.63, 3.8) is 0 Å². The van der Waals surface area contributed by atoms with E-state index < -0.39 is 0 Å². The number of allylic oxidation sites excluding steroid dienone is 6. The lowest BCUT2D eigenvalue weighted by Gasteiger charge is -2.11. The van der Waals surface area contributed by atoms with Crippen molar-refractivity contribution in [3.05, 3.63) is 91.1 Å². The average molecular weight is 280 g/mol. The lowest BCUT2D eigenvalue weighted by molar-refractivity contribution is 0.804. The Morgan fingerprint density at radius 3 is 2.57 bits per heavy atom. The van der Waals surface area contributed by atoms with Crippen LogP contribution in [0, 0.1) is 0 Å². The van der Waals surface area contributed by atoms with Crippen LogP contribution in [0.2, 0.25) is 0 Å². The molecule has 0 radical (unpaired) electrons. The van der Waals surface area contributed by atoms with E-state index in [-0.39, 0.29) is 0 Å². The first-order chi connectivity index (χ1) is 10.2. The second-order valence-corrected chi connectivity index (χ2v) is 4.69. The molecule has 0 fully saturated rings. The van der Waals surface area contributed by atoms with E-state index >= 15 is 0 Å². The van der Waals surface area contributed by atoms with Crippen LogP contribution >= 0.6 is 0 Å². The highest BCUT2D eigenvalue weighted by molar-refractivity contribution is 5.54. The predicted molar refractivity (Wildman–Crippen MR) is 98.5 cm³/mol. The van der Waals surface area contributed by atoms with E-state index in [1.165, 1.54) is 16.7 Å². The Hall–Kier alpha value is -2.08. The van der Waals surface area contributed by atoms with Crippen LogP contribution in [0.15, 0.2) is 80.0 Å². The first-order valence-corrected chi connectivity index (χ1v) is 7.41. The molecule has 112 valence electrons. The van der Waals surface area contributed by atoms with E-state index in [0.29, 0.717) is 5.92 Å². The maximum Gasteiger partial charge on any atom is 0.00154 e. The summed E-state index contributed by atoms with van der Waals surface area (Å²) in [5, 5.41) is 0. The first-order valence-electron chi connectivity index (χ1n) is 7.41. The van der Waals surface area contributed by atoms with Crippen LogP contribution < -0.4 is 0 Å². The van der Waals surface area contributed by atoms with Crippen LogP contribution in [0.25, 0.3) is 6.08 Å². The highest BCUT2D eigenvalue weighted by atomic mass is 14.1. The number of hydrogen-bond donors (Lipinski definition) is 0. The molecule has 0 heteroatoms. The van der Waals surface area contributed by atoms with Gasteiger partial charge in [-0.2, -0.15) is 0 Å². The zero-order chi connectivity index (χ0) is 16.1. The van der Waals surface area contributed by atoms with Gasteiger partial charge < -0.3 is 0 Å². The van der Waals surface area contributed by atoms with Gasteiger partial charge >= 0.3 is 0 Å². The fourth-order valence-electron chi connectivity index (χ4n) is 2.08. The molecule has 0 aliphatic heterocycles. The van der Waals surface area contributed by atoms with Crippen LogP contribution in [0.5, 0.6) is 0 Å². The molecule has 1 atom stereocenters. The molecular weight excluding hydrogens is 252 g/mol. The number of hydrogen-bond acceptors (Lipinski definition) is 0. The van der Waals surface area contributed by atoms with Crippen molar-refractivity contribution in [2.75, 3.05) is 0 Å². The Morgan fingerprint density at radius 1 is 1.29 bits per heavy atom. The number of benzene rings is 1. The van der Waals surface area contributed by atoms with E-state index in [2.05, 4.69) is 89.1 Å². The van der Waals surface area contributed by atoms with Gasteiger partial charge in [-0.05, 0) is 31.4 Å². The van der Waals surface area contributed by atoms with Crippen LogP contribution in [-0.2, 0) is 0 Å². The molecule has 0 amide bonds. The molecular formula is C21H28. The Balaban J connectivity index is 0.00000191. The quantitative estimate of drug-likeness (QED) is 0.401. The van der Waals surface area contributed by atoms with Crippen LogP contribution in [0.4, 0.5) is 0 Å². The molecule has 0 saturated heterocycles. The molecule has 1 aromatic carbocycles. The van der Waals surface area contributed by atoms with E-state index in [1.807, 2.05) is 12.2 Å². The molecule has 21 heavy (non-hydrogen) atoms. The standard InChI is InChI=1S/C19H24.C2H4/c1-5-9-16(4)13-14-17-11-8-12-19(15-17)18(7-3)10-6-2;1-2/h5-6,8-15,18H,1,7H2,2-4H3;1-2H2/b10-6+,14-13+,16-9-;. The van der Waals surface area contributed by atoms with E-state index in [0.717, 1.165) is 6.42 Å².